The molecule has 1 N–H and O–H groups in total. The van der Waals surface area contributed by atoms with E-state index >= 15 is 0 Å². The van der Waals surface area contributed by atoms with Crippen LogP contribution in [0.25, 0.3) is 0 Å². The second kappa shape index (κ2) is 6.79. The quantitative estimate of drug-likeness (QED) is 0.822. The van der Waals surface area contributed by atoms with E-state index in [2.05, 4.69) is 5.32 Å². The summed E-state index contributed by atoms with van der Waals surface area (Å²) in [6.07, 6.45) is 0. The van der Waals surface area contributed by atoms with Crippen molar-refractivity contribution in [2.24, 2.45) is 0 Å². The normalized spacial score (nSPS) is 10.2. The van der Waals surface area contributed by atoms with E-state index < -0.39 is 11.8 Å². The number of benzene rings is 1. The molecule has 0 bridgehead atoms. The number of amides is 2. The van der Waals surface area contributed by atoms with Crippen LogP contribution >= 0.6 is 0 Å². The fraction of sp³-hybridized carbons (Fsp3) is 0.429. The lowest BCUT2D eigenvalue weighted by Crippen LogP contribution is -2.45. The van der Waals surface area contributed by atoms with Crippen LogP contribution in [0.1, 0.15) is 26.3 Å². The molecule has 1 aromatic rings. The molecule has 0 saturated heterocycles. The molecule has 0 atom stereocenters. The Morgan fingerprint density at radius 2 is 1.83 bits per heavy atom. The lowest BCUT2D eigenvalue weighted by molar-refractivity contribution is -0.147. The highest BCUT2D eigenvalue weighted by Crippen LogP contribution is 2.08. The third-order valence-electron chi connectivity index (χ3n) is 2.61. The predicted molar refractivity (Wildman–Crippen MR) is 70.8 cm³/mol. The molecule has 0 spiro atoms. The average Bonchev–Trinajstić information content (AvgIpc) is 2.36. The standard InChI is InChI=1S/C14H20N2O2/c1-4-15-13(17)14(18)16(11(2)3)10-12-8-6-5-7-9-12/h5-9,11H,4,10H2,1-3H3,(H,15,17). The highest BCUT2D eigenvalue weighted by molar-refractivity contribution is 6.35. The molecule has 18 heavy (non-hydrogen) atoms. The van der Waals surface area contributed by atoms with Crippen molar-refractivity contribution in [3.8, 4) is 0 Å². The Kier molecular flexibility index (Phi) is 5.36. The first-order valence-corrected chi connectivity index (χ1v) is 6.19. The highest BCUT2D eigenvalue weighted by atomic mass is 16.2. The summed E-state index contributed by atoms with van der Waals surface area (Å²) in [6.45, 7) is 6.51. The maximum absolute atomic E-state index is 12.0. The molecule has 0 aliphatic rings. The smallest absolute Gasteiger partial charge is 0.312 e. The molecule has 0 aromatic heterocycles. The van der Waals surface area contributed by atoms with Gasteiger partial charge >= 0.3 is 11.8 Å². The number of nitrogens with zero attached hydrogens (tertiary/aromatic N) is 1. The summed E-state index contributed by atoms with van der Waals surface area (Å²) in [4.78, 5) is 25.1. The summed E-state index contributed by atoms with van der Waals surface area (Å²) in [5.74, 6) is -1.02. The second-order valence-corrected chi connectivity index (χ2v) is 4.37. The third-order valence-corrected chi connectivity index (χ3v) is 2.61. The van der Waals surface area contributed by atoms with Gasteiger partial charge in [-0.3, -0.25) is 9.59 Å². The summed E-state index contributed by atoms with van der Waals surface area (Å²) < 4.78 is 0. The van der Waals surface area contributed by atoms with Crippen molar-refractivity contribution in [3.05, 3.63) is 35.9 Å². The minimum atomic E-state index is -0.540. The Bertz CT molecular complexity index is 402. The summed E-state index contributed by atoms with van der Waals surface area (Å²) in [6, 6.07) is 9.64. The van der Waals surface area contributed by atoms with Crippen molar-refractivity contribution in [2.45, 2.75) is 33.4 Å². The minimum Gasteiger partial charge on any atom is -0.348 e. The predicted octanol–water partition coefficient (Wildman–Crippen LogP) is 1.56. The number of hydrogen-bond acceptors (Lipinski definition) is 2. The van der Waals surface area contributed by atoms with E-state index in [9.17, 15) is 9.59 Å². The van der Waals surface area contributed by atoms with Gasteiger partial charge in [0.1, 0.15) is 0 Å². The maximum Gasteiger partial charge on any atom is 0.312 e. The van der Waals surface area contributed by atoms with Gasteiger partial charge in [-0.25, -0.2) is 0 Å². The van der Waals surface area contributed by atoms with E-state index in [1.165, 1.54) is 0 Å². The first kappa shape index (κ1) is 14.2. The number of hydrogen-bond donors (Lipinski definition) is 1. The Morgan fingerprint density at radius 3 is 2.33 bits per heavy atom. The molecule has 0 aliphatic heterocycles. The third kappa shape index (κ3) is 3.87. The number of nitrogens with one attached hydrogen (secondary N) is 1. The fourth-order valence-corrected chi connectivity index (χ4v) is 1.64. The zero-order valence-corrected chi connectivity index (χ0v) is 11.1. The highest BCUT2D eigenvalue weighted by Gasteiger charge is 2.23. The molecule has 2 amide bonds. The molecular formula is C14H20N2O2. The van der Waals surface area contributed by atoms with Crippen molar-refractivity contribution in [3.63, 3.8) is 0 Å². The largest absolute Gasteiger partial charge is 0.348 e. The van der Waals surface area contributed by atoms with Crippen molar-refractivity contribution in [1.29, 1.82) is 0 Å². The summed E-state index contributed by atoms with van der Waals surface area (Å²) in [7, 11) is 0. The molecule has 4 nitrogen and oxygen atoms in total. The average molecular weight is 248 g/mol. The van der Waals surface area contributed by atoms with E-state index in [0.29, 0.717) is 13.1 Å². The first-order valence-electron chi connectivity index (χ1n) is 6.19. The van der Waals surface area contributed by atoms with E-state index in [1.54, 1.807) is 11.8 Å². The molecule has 0 fully saturated rings. The number of likely N-dealkylation sites (N-methyl/N-ethyl adjacent to an activating group) is 1. The van der Waals surface area contributed by atoms with E-state index in [-0.39, 0.29) is 6.04 Å². The van der Waals surface area contributed by atoms with Crippen LogP contribution in [0, 0.1) is 0 Å². The molecule has 4 heteroatoms. The lowest BCUT2D eigenvalue weighted by Gasteiger charge is -2.26. The number of rotatable bonds is 4. The Labute approximate surface area is 108 Å². The molecule has 98 valence electrons. The SMILES string of the molecule is CCNC(=O)C(=O)N(Cc1ccccc1)C(C)C. The summed E-state index contributed by atoms with van der Waals surface area (Å²) in [5, 5.41) is 2.54. The Balaban J connectivity index is 2.77. The van der Waals surface area contributed by atoms with Gasteiger partial charge in [0.25, 0.3) is 0 Å². The second-order valence-electron chi connectivity index (χ2n) is 4.37. The van der Waals surface area contributed by atoms with Crippen molar-refractivity contribution >= 4 is 11.8 Å². The molecule has 1 aromatic carbocycles. The fourth-order valence-electron chi connectivity index (χ4n) is 1.64. The molecule has 0 radical (unpaired) electrons. The van der Waals surface area contributed by atoms with Gasteiger partial charge in [-0.2, -0.15) is 0 Å². The molecule has 0 unspecified atom stereocenters. The lowest BCUT2D eigenvalue weighted by atomic mass is 10.2. The van der Waals surface area contributed by atoms with E-state index in [0.717, 1.165) is 5.56 Å². The monoisotopic (exact) mass is 248 g/mol. The summed E-state index contributed by atoms with van der Waals surface area (Å²) >= 11 is 0. The zero-order valence-electron chi connectivity index (χ0n) is 11.1. The Hall–Kier alpha value is -1.84. The van der Waals surface area contributed by atoms with Crippen LogP contribution in [0.5, 0.6) is 0 Å². The van der Waals surface area contributed by atoms with Gasteiger partial charge in [-0.1, -0.05) is 30.3 Å². The van der Waals surface area contributed by atoms with Crippen LogP contribution < -0.4 is 5.32 Å². The molecule has 0 heterocycles. The van der Waals surface area contributed by atoms with Crippen molar-refractivity contribution < 1.29 is 9.59 Å². The Morgan fingerprint density at radius 1 is 1.22 bits per heavy atom. The van der Waals surface area contributed by atoms with Gasteiger partial charge in [0.05, 0.1) is 0 Å². The van der Waals surface area contributed by atoms with Gasteiger partial charge in [0, 0.05) is 19.1 Å². The molecule has 1 rings (SSSR count). The number of carbonyl (C=O) groups excluding carboxylic acids is 2. The van der Waals surface area contributed by atoms with Crippen LogP contribution in [-0.2, 0) is 16.1 Å². The first-order chi connectivity index (χ1) is 8.56. The maximum atomic E-state index is 12.0. The molecule has 0 aliphatic carbocycles. The van der Waals surface area contributed by atoms with E-state index in [4.69, 9.17) is 0 Å². The van der Waals surface area contributed by atoms with Gasteiger partial charge in [0.2, 0.25) is 0 Å². The van der Waals surface area contributed by atoms with Gasteiger partial charge in [-0.05, 0) is 26.3 Å². The number of carbonyl (C=O) groups is 2. The zero-order chi connectivity index (χ0) is 13.5. The van der Waals surface area contributed by atoms with Crippen molar-refractivity contribution in [2.75, 3.05) is 6.54 Å². The van der Waals surface area contributed by atoms with Crippen LogP contribution in [0.15, 0.2) is 30.3 Å². The topological polar surface area (TPSA) is 49.4 Å². The van der Waals surface area contributed by atoms with Gasteiger partial charge < -0.3 is 10.2 Å². The van der Waals surface area contributed by atoms with Gasteiger partial charge in [0.15, 0.2) is 0 Å². The van der Waals surface area contributed by atoms with Crippen LogP contribution in [0.2, 0.25) is 0 Å². The van der Waals surface area contributed by atoms with E-state index in [1.807, 2.05) is 44.2 Å². The van der Waals surface area contributed by atoms with Crippen LogP contribution in [0.3, 0.4) is 0 Å². The van der Waals surface area contributed by atoms with Crippen molar-refractivity contribution in [1.82, 2.24) is 10.2 Å². The van der Waals surface area contributed by atoms with Crippen LogP contribution in [0.4, 0.5) is 0 Å². The summed E-state index contributed by atoms with van der Waals surface area (Å²) in [5.41, 5.74) is 1.02. The molecule has 0 saturated carbocycles. The minimum absolute atomic E-state index is 0.0136. The van der Waals surface area contributed by atoms with Crippen LogP contribution in [-0.4, -0.2) is 29.3 Å². The van der Waals surface area contributed by atoms with Gasteiger partial charge in [-0.15, -0.1) is 0 Å². The molecular weight excluding hydrogens is 228 g/mol.